The van der Waals surface area contributed by atoms with Crippen LogP contribution in [0.2, 0.25) is 0 Å². The highest BCUT2D eigenvalue weighted by Crippen LogP contribution is 2.54. The molecule has 11 rings (SSSR count). The second kappa shape index (κ2) is 17.2. The fourth-order valence-corrected chi connectivity index (χ4v) is 12.2. The van der Waals surface area contributed by atoms with Gasteiger partial charge in [-0.3, -0.25) is 24.8 Å². The van der Waals surface area contributed by atoms with Crippen molar-refractivity contribution in [1.82, 2.24) is 24.6 Å². The minimum absolute atomic E-state index is 0.00248. The lowest BCUT2D eigenvalue weighted by Crippen LogP contribution is -2.54. The number of anilines is 4. The van der Waals surface area contributed by atoms with Gasteiger partial charge in [0.05, 0.1) is 33.7 Å². The average Bonchev–Trinajstić information content (AvgIpc) is 3.95. The Morgan fingerprint density at radius 3 is 2.60 bits per heavy atom. The molecule has 4 aliphatic heterocycles. The normalized spacial score (nSPS) is 20.5. The molecule has 6 aromatic rings. The van der Waals surface area contributed by atoms with Crippen LogP contribution < -0.4 is 29.3 Å². The minimum Gasteiger partial charge on any atom is -0.489 e. The van der Waals surface area contributed by atoms with Gasteiger partial charge in [-0.2, -0.15) is 4.98 Å². The number of likely N-dealkylation sites (tertiary alicyclic amines) is 1. The number of nitrogens with one attached hydrogen (secondary N) is 3. The number of amides is 1. The fourth-order valence-electron chi connectivity index (χ4n) is 11.2. The number of aromatic nitrogens is 3. The summed E-state index contributed by atoms with van der Waals surface area (Å²) in [5, 5.41) is 16.4. The summed E-state index contributed by atoms with van der Waals surface area (Å²) >= 11 is 0. The molecule has 1 aliphatic carbocycles. The first-order valence-electron chi connectivity index (χ1n) is 23.3. The van der Waals surface area contributed by atoms with Crippen LogP contribution in [-0.4, -0.2) is 90.6 Å². The van der Waals surface area contributed by atoms with E-state index in [9.17, 15) is 23.3 Å². The number of ether oxygens (including phenoxy) is 2. The lowest BCUT2D eigenvalue weighted by atomic mass is 9.59. The zero-order valence-electron chi connectivity index (χ0n) is 37.3. The molecule has 0 radical (unpaired) electrons. The van der Waals surface area contributed by atoms with E-state index in [1.165, 1.54) is 42.9 Å². The van der Waals surface area contributed by atoms with Crippen molar-refractivity contribution in [2.45, 2.75) is 81.3 Å². The Labute approximate surface area is 388 Å². The number of hydrogen-bond donors (Lipinski definition) is 3. The molecule has 3 aromatic carbocycles. The second-order valence-electron chi connectivity index (χ2n) is 18.8. The highest BCUT2D eigenvalue weighted by molar-refractivity contribution is 7.90. The predicted octanol–water partition coefficient (Wildman–Crippen LogP) is 8.22. The van der Waals surface area contributed by atoms with Crippen molar-refractivity contribution in [3.05, 3.63) is 130 Å². The molecule has 1 amide bonds. The maximum Gasteiger partial charge on any atom is 0.297 e. The number of H-pyrrole nitrogens is 1. The highest BCUT2D eigenvalue weighted by atomic mass is 32.2. The number of benzene rings is 3. The Morgan fingerprint density at radius 1 is 0.955 bits per heavy atom. The van der Waals surface area contributed by atoms with Gasteiger partial charge in [-0.25, -0.2) is 13.1 Å². The second-order valence-corrected chi connectivity index (χ2v) is 20.5. The molecule has 17 heteroatoms. The summed E-state index contributed by atoms with van der Waals surface area (Å²) in [5.41, 5.74) is 6.34. The molecular weight excluding hydrogens is 871 g/mol. The molecule has 2 saturated heterocycles. The van der Waals surface area contributed by atoms with Crippen LogP contribution in [0.5, 0.6) is 11.6 Å². The van der Waals surface area contributed by atoms with Crippen molar-refractivity contribution in [1.29, 1.82) is 0 Å². The van der Waals surface area contributed by atoms with E-state index in [-0.39, 0.29) is 29.6 Å². The van der Waals surface area contributed by atoms with Crippen LogP contribution >= 0.6 is 0 Å². The summed E-state index contributed by atoms with van der Waals surface area (Å²) in [6.45, 7) is 6.07. The van der Waals surface area contributed by atoms with Gasteiger partial charge in [0, 0.05) is 79.4 Å². The van der Waals surface area contributed by atoms with Crippen molar-refractivity contribution < 1.29 is 27.6 Å². The van der Waals surface area contributed by atoms with Crippen molar-refractivity contribution in [3.63, 3.8) is 0 Å². The van der Waals surface area contributed by atoms with Crippen molar-refractivity contribution >= 4 is 55.4 Å². The van der Waals surface area contributed by atoms with Crippen LogP contribution in [0.4, 0.5) is 28.4 Å². The van der Waals surface area contributed by atoms with Crippen LogP contribution in [-0.2, 0) is 16.4 Å². The number of hydrogen-bond acceptors (Lipinski definition) is 13. The summed E-state index contributed by atoms with van der Waals surface area (Å²) in [5.74, 6) is -0.490. The van der Waals surface area contributed by atoms with Crippen molar-refractivity contribution in [3.8, 4) is 11.6 Å². The first-order valence-corrected chi connectivity index (χ1v) is 24.8. The van der Waals surface area contributed by atoms with Gasteiger partial charge in [-0.05, 0) is 117 Å². The Balaban J connectivity index is 0.860. The van der Waals surface area contributed by atoms with Gasteiger partial charge in [-0.1, -0.05) is 30.3 Å². The smallest absolute Gasteiger partial charge is 0.297 e. The lowest BCUT2D eigenvalue weighted by molar-refractivity contribution is -0.384. The summed E-state index contributed by atoms with van der Waals surface area (Å²) < 4.78 is 42.7. The Morgan fingerprint density at radius 2 is 1.79 bits per heavy atom. The maximum atomic E-state index is 14.5. The van der Waals surface area contributed by atoms with Gasteiger partial charge in [0.2, 0.25) is 5.88 Å². The van der Waals surface area contributed by atoms with Gasteiger partial charge in [0.15, 0.2) is 11.4 Å². The standard InChI is InChI=1S/C50H53N9O7S/c1-32-8-2-3-10-39(32)41-11-6-19-57(41)37-29-50(30-37)15-21-56(22-16-50)36-12-13-40(42(26-36)58-20-7-23-65-49-44(58)24-33-14-18-52-47(33)54-49)48(60)55-67(63,64)38-27-43(59(61)62)46-45(28-38)66-31-35(53-46)25-34-9-4-5-17-51-34/h2-5,8-10,12-14,17-18,24,26-28,35,37,41,53H,6-7,11,15-16,19-23,25,29-31H2,1H3,(H,52,54)(H,55,60)/t35-,41-/m0/s1. The molecular formula is C50H53N9O7S. The topological polar surface area (TPSA) is 188 Å². The molecule has 346 valence electrons. The summed E-state index contributed by atoms with van der Waals surface area (Å²) in [6.07, 6.45) is 11.5. The van der Waals surface area contributed by atoms with E-state index in [1.807, 2.05) is 41.3 Å². The first kappa shape index (κ1) is 42.9. The third kappa shape index (κ3) is 8.17. The lowest BCUT2D eigenvalue weighted by Gasteiger charge is -2.56. The predicted molar refractivity (Wildman–Crippen MR) is 255 cm³/mol. The number of aromatic amines is 1. The summed E-state index contributed by atoms with van der Waals surface area (Å²) in [6, 6.07) is 26.7. The molecule has 0 bridgehead atoms. The molecule has 1 spiro atoms. The molecule has 5 aliphatic rings. The van der Waals surface area contributed by atoms with Gasteiger partial charge in [0.25, 0.3) is 21.6 Å². The number of piperidine rings is 1. The number of sulfonamides is 1. The van der Waals surface area contributed by atoms with Crippen LogP contribution in [0.15, 0.2) is 102 Å². The van der Waals surface area contributed by atoms with Crippen molar-refractivity contribution in [2.24, 2.45) is 5.41 Å². The van der Waals surface area contributed by atoms with E-state index >= 15 is 0 Å². The number of fused-ring (bicyclic) bond motifs is 3. The van der Waals surface area contributed by atoms with E-state index in [0.29, 0.717) is 66.4 Å². The first-order chi connectivity index (χ1) is 32.5. The Hall–Kier alpha value is -6.72. The number of nitro benzene ring substituents is 1. The van der Waals surface area contributed by atoms with Crippen LogP contribution in [0.25, 0.3) is 11.0 Å². The molecule has 67 heavy (non-hydrogen) atoms. The van der Waals surface area contributed by atoms with Crippen LogP contribution in [0.1, 0.15) is 78.2 Å². The molecule has 3 aromatic heterocycles. The highest BCUT2D eigenvalue weighted by Gasteiger charge is 2.50. The third-order valence-electron chi connectivity index (χ3n) is 14.6. The zero-order chi connectivity index (χ0) is 45.9. The summed E-state index contributed by atoms with van der Waals surface area (Å²) in [4.78, 5) is 45.2. The molecule has 16 nitrogen and oxygen atoms in total. The maximum absolute atomic E-state index is 14.5. The number of nitrogens with zero attached hydrogens (tertiary/aromatic N) is 6. The SMILES string of the molecule is Cc1ccccc1[C@@H]1CCCN1C1CC2(CCN(c3ccc(C(=O)NS(=O)(=O)c4cc5c(c([N+](=O)[O-])c4)N[C@@H](Cc4ccccn4)CO5)c(N4CCCOc5nc6[nH]ccc6cc54)c3)CC2)C1. The van der Waals surface area contributed by atoms with E-state index in [1.54, 1.807) is 24.5 Å². The number of rotatable bonds is 10. The van der Waals surface area contributed by atoms with Gasteiger partial charge >= 0.3 is 0 Å². The monoisotopic (exact) mass is 923 g/mol. The fraction of sp³-hybridized carbons (Fsp3) is 0.380. The Bertz CT molecular complexity index is 2990. The molecule has 3 N–H and O–H groups in total. The molecule has 3 fully saturated rings. The van der Waals surface area contributed by atoms with E-state index in [2.05, 4.69) is 61.0 Å². The average molecular weight is 924 g/mol. The number of carbonyl (C=O) groups is 1. The Kier molecular flexibility index (Phi) is 11.0. The van der Waals surface area contributed by atoms with Gasteiger partial charge in [0.1, 0.15) is 17.9 Å². The number of carbonyl (C=O) groups excluding carboxylic acids is 1. The molecule has 7 heterocycles. The quantitative estimate of drug-likeness (QED) is 0.0882. The van der Waals surface area contributed by atoms with Crippen LogP contribution in [0.3, 0.4) is 0 Å². The summed E-state index contributed by atoms with van der Waals surface area (Å²) in [7, 11) is -4.66. The van der Waals surface area contributed by atoms with Gasteiger partial charge < -0.3 is 29.6 Å². The number of nitro groups is 1. The minimum atomic E-state index is -4.66. The number of aryl methyl sites for hydroxylation is 1. The van der Waals surface area contributed by atoms with Crippen molar-refractivity contribution in [2.75, 3.05) is 54.5 Å². The molecule has 1 saturated carbocycles. The van der Waals surface area contributed by atoms with E-state index in [4.69, 9.17) is 14.5 Å². The van der Waals surface area contributed by atoms with E-state index in [0.717, 1.165) is 55.3 Å². The molecule has 2 atom stereocenters. The third-order valence-corrected chi connectivity index (χ3v) is 16.0. The number of pyridine rings is 2. The largest absolute Gasteiger partial charge is 0.489 e. The van der Waals surface area contributed by atoms with Crippen LogP contribution in [0, 0.1) is 22.5 Å². The zero-order valence-corrected chi connectivity index (χ0v) is 38.1. The van der Waals surface area contributed by atoms with E-state index < -0.39 is 31.4 Å². The van der Waals surface area contributed by atoms with Gasteiger partial charge in [-0.15, -0.1) is 0 Å². The molecule has 0 unspecified atom stereocenters.